The van der Waals surface area contributed by atoms with Crippen LogP contribution in [0.15, 0.2) is 55.1 Å². The molecule has 18 heavy (non-hydrogen) atoms. The summed E-state index contributed by atoms with van der Waals surface area (Å²) in [6.45, 7) is 3.96. The van der Waals surface area contributed by atoms with Crippen LogP contribution in [0, 0.1) is 11.3 Å². The summed E-state index contributed by atoms with van der Waals surface area (Å²) in [4.78, 5) is 0. The summed E-state index contributed by atoms with van der Waals surface area (Å²) in [5.74, 6) is 0. The van der Waals surface area contributed by atoms with Gasteiger partial charge in [0.1, 0.15) is 0 Å². The molecule has 0 radical (unpaired) electrons. The third kappa shape index (κ3) is 2.50. The highest BCUT2D eigenvalue weighted by Crippen LogP contribution is 2.23. The molecule has 0 bridgehead atoms. The Kier molecular flexibility index (Phi) is 3.31. The number of nitrogens with two attached hydrogens (primary N) is 1. The van der Waals surface area contributed by atoms with Crippen molar-refractivity contribution >= 4 is 17.1 Å². The summed E-state index contributed by atoms with van der Waals surface area (Å²) < 4.78 is 0. The third-order valence-corrected chi connectivity index (χ3v) is 2.58. The van der Waals surface area contributed by atoms with Crippen LogP contribution in [-0.2, 0) is 0 Å². The fraction of sp³-hybridized carbons (Fsp3) is 0. The Balaban J connectivity index is 2.27. The molecular formula is C15H13N3. The van der Waals surface area contributed by atoms with E-state index in [2.05, 4.69) is 18.0 Å². The topological polar surface area (TPSA) is 61.8 Å². The summed E-state index contributed by atoms with van der Waals surface area (Å²) in [6.07, 6.45) is 0. The van der Waals surface area contributed by atoms with Gasteiger partial charge in [-0.1, -0.05) is 24.8 Å². The molecular weight excluding hydrogens is 222 g/mol. The minimum Gasteiger partial charge on any atom is -0.398 e. The molecule has 0 aliphatic carbocycles. The number of nitrogens with zero attached hydrogens (tertiary/aromatic N) is 1. The fourth-order valence-corrected chi connectivity index (χ4v) is 1.65. The van der Waals surface area contributed by atoms with Crippen molar-refractivity contribution in [1.82, 2.24) is 0 Å². The maximum Gasteiger partial charge on any atom is 0.0991 e. The lowest BCUT2D eigenvalue weighted by Gasteiger charge is -2.12. The van der Waals surface area contributed by atoms with Crippen molar-refractivity contribution in [2.45, 2.75) is 0 Å². The summed E-state index contributed by atoms with van der Waals surface area (Å²) in [5.41, 5.74) is 9.41. The van der Waals surface area contributed by atoms with Crippen LogP contribution in [0.5, 0.6) is 0 Å². The molecule has 0 spiro atoms. The molecule has 0 atom stereocenters. The van der Waals surface area contributed by atoms with Crippen molar-refractivity contribution in [1.29, 1.82) is 5.26 Å². The summed E-state index contributed by atoms with van der Waals surface area (Å²) in [5, 5.41) is 12.0. The number of anilines is 2. The van der Waals surface area contributed by atoms with E-state index in [0.29, 0.717) is 16.9 Å². The number of hydrogen-bond acceptors (Lipinski definition) is 3. The van der Waals surface area contributed by atoms with E-state index in [1.165, 1.54) is 0 Å². The first-order valence-electron chi connectivity index (χ1n) is 5.51. The second-order valence-corrected chi connectivity index (χ2v) is 3.88. The van der Waals surface area contributed by atoms with Gasteiger partial charge >= 0.3 is 0 Å². The molecule has 0 saturated heterocycles. The lowest BCUT2D eigenvalue weighted by atomic mass is 10.1. The largest absolute Gasteiger partial charge is 0.398 e. The zero-order valence-electron chi connectivity index (χ0n) is 9.85. The zero-order chi connectivity index (χ0) is 13.0. The molecule has 0 amide bonds. The molecule has 3 N–H and O–H groups in total. The summed E-state index contributed by atoms with van der Waals surface area (Å²) in [7, 11) is 0. The smallest absolute Gasteiger partial charge is 0.0991 e. The molecule has 0 aliphatic heterocycles. The molecule has 0 heterocycles. The van der Waals surface area contributed by atoms with Crippen LogP contribution in [0.3, 0.4) is 0 Å². The van der Waals surface area contributed by atoms with Gasteiger partial charge in [-0.2, -0.15) is 5.26 Å². The third-order valence-electron chi connectivity index (χ3n) is 2.58. The van der Waals surface area contributed by atoms with Crippen LogP contribution in [0.2, 0.25) is 0 Å². The van der Waals surface area contributed by atoms with Gasteiger partial charge in [0.05, 0.1) is 11.6 Å². The highest BCUT2D eigenvalue weighted by molar-refractivity contribution is 5.81. The molecule has 0 aliphatic rings. The normalized spacial score (nSPS) is 9.50. The first kappa shape index (κ1) is 11.7. The Morgan fingerprint density at radius 1 is 1.17 bits per heavy atom. The van der Waals surface area contributed by atoms with Gasteiger partial charge in [-0.15, -0.1) is 0 Å². The maximum atomic E-state index is 8.88. The average Bonchev–Trinajstić information content (AvgIpc) is 2.40. The maximum absolute atomic E-state index is 8.88. The molecule has 88 valence electrons. The molecule has 0 saturated carbocycles. The van der Waals surface area contributed by atoms with Gasteiger partial charge < -0.3 is 11.1 Å². The number of nitrogen functional groups attached to an aromatic ring is 1. The van der Waals surface area contributed by atoms with Gasteiger partial charge in [0.2, 0.25) is 0 Å². The van der Waals surface area contributed by atoms with Crippen molar-refractivity contribution in [2.24, 2.45) is 0 Å². The van der Waals surface area contributed by atoms with E-state index >= 15 is 0 Å². The molecule has 0 unspecified atom stereocenters. The standard InChI is InChI=1S/C15H13N3/c1-11(18-13-5-3-2-4-6-13)14-9-12(10-16)7-8-15(14)17/h2-9,18H,1,17H2. The van der Waals surface area contributed by atoms with Crippen LogP contribution >= 0.6 is 0 Å². The van der Waals surface area contributed by atoms with E-state index in [1.54, 1.807) is 18.2 Å². The number of nitriles is 1. The Morgan fingerprint density at radius 2 is 1.89 bits per heavy atom. The average molecular weight is 235 g/mol. The molecule has 0 aromatic heterocycles. The van der Waals surface area contributed by atoms with E-state index in [-0.39, 0.29) is 0 Å². The van der Waals surface area contributed by atoms with Crippen molar-refractivity contribution < 1.29 is 0 Å². The van der Waals surface area contributed by atoms with Crippen LogP contribution in [0.25, 0.3) is 5.70 Å². The second kappa shape index (κ2) is 5.07. The Morgan fingerprint density at radius 3 is 2.56 bits per heavy atom. The van der Waals surface area contributed by atoms with Crippen LogP contribution in [-0.4, -0.2) is 0 Å². The highest BCUT2D eigenvalue weighted by Gasteiger charge is 2.05. The molecule has 0 fully saturated rings. The Bertz CT molecular complexity index is 609. The molecule has 2 aromatic carbocycles. The van der Waals surface area contributed by atoms with E-state index in [4.69, 9.17) is 11.0 Å². The van der Waals surface area contributed by atoms with Crippen molar-refractivity contribution in [3.8, 4) is 6.07 Å². The molecule has 3 heteroatoms. The quantitative estimate of drug-likeness (QED) is 0.803. The fourth-order valence-electron chi connectivity index (χ4n) is 1.65. The molecule has 3 nitrogen and oxygen atoms in total. The van der Waals surface area contributed by atoms with E-state index < -0.39 is 0 Å². The van der Waals surface area contributed by atoms with Gasteiger partial charge in [0.15, 0.2) is 0 Å². The minimum atomic E-state index is 0.565. The van der Waals surface area contributed by atoms with Crippen molar-refractivity contribution in [2.75, 3.05) is 11.1 Å². The monoisotopic (exact) mass is 235 g/mol. The number of rotatable bonds is 3. The summed E-state index contributed by atoms with van der Waals surface area (Å²) in [6, 6.07) is 16.9. The summed E-state index contributed by atoms with van der Waals surface area (Å²) >= 11 is 0. The van der Waals surface area contributed by atoms with Gasteiger partial charge in [-0.05, 0) is 30.3 Å². The van der Waals surface area contributed by atoms with Crippen LogP contribution < -0.4 is 11.1 Å². The van der Waals surface area contributed by atoms with Gasteiger partial charge in [0, 0.05) is 22.6 Å². The number of nitrogens with one attached hydrogen (secondary N) is 1. The van der Waals surface area contributed by atoms with Crippen molar-refractivity contribution in [3.05, 3.63) is 66.2 Å². The Labute approximate surface area is 106 Å². The molecule has 2 rings (SSSR count). The van der Waals surface area contributed by atoms with Crippen LogP contribution in [0.1, 0.15) is 11.1 Å². The van der Waals surface area contributed by atoms with Gasteiger partial charge in [-0.25, -0.2) is 0 Å². The van der Waals surface area contributed by atoms with E-state index in [9.17, 15) is 0 Å². The SMILES string of the molecule is C=C(Nc1ccccc1)c1cc(C#N)ccc1N. The predicted molar refractivity (Wildman–Crippen MR) is 74.7 cm³/mol. The van der Waals surface area contributed by atoms with E-state index in [1.807, 2.05) is 30.3 Å². The Hall–Kier alpha value is -2.73. The second-order valence-electron chi connectivity index (χ2n) is 3.88. The molecule has 2 aromatic rings. The zero-order valence-corrected chi connectivity index (χ0v) is 9.85. The number of para-hydroxylation sites is 1. The lowest BCUT2D eigenvalue weighted by molar-refractivity contribution is 1.46. The number of hydrogen-bond donors (Lipinski definition) is 2. The highest BCUT2D eigenvalue weighted by atomic mass is 14.9. The van der Waals surface area contributed by atoms with Gasteiger partial charge in [0.25, 0.3) is 0 Å². The lowest BCUT2D eigenvalue weighted by Crippen LogP contribution is -2.01. The number of benzene rings is 2. The first-order chi connectivity index (χ1) is 8.70. The predicted octanol–water partition coefficient (Wildman–Crippen LogP) is 3.22. The minimum absolute atomic E-state index is 0.565. The van der Waals surface area contributed by atoms with Gasteiger partial charge in [-0.3, -0.25) is 0 Å². The van der Waals surface area contributed by atoms with E-state index in [0.717, 1.165) is 11.3 Å². The van der Waals surface area contributed by atoms with Crippen LogP contribution in [0.4, 0.5) is 11.4 Å². The first-order valence-corrected chi connectivity index (χ1v) is 5.51. The van der Waals surface area contributed by atoms with Crippen molar-refractivity contribution in [3.63, 3.8) is 0 Å².